The fraction of sp³-hybridized carbons (Fsp3) is 0.529. The maximum Gasteiger partial charge on any atom is 4.00 e. The number of benzene rings is 8. The molecule has 8 aromatic rings. The Balaban J connectivity index is 0.00000455. The van der Waals surface area contributed by atoms with E-state index in [1.165, 1.54) is 0 Å². The minimum absolute atomic E-state index is 0. The Bertz CT molecular complexity index is 4020. The minimum Gasteiger partial charge on any atom is -0.872 e. The van der Waals surface area contributed by atoms with Crippen molar-refractivity contribution in [2.75, 3.05) is 87.6 Å². The molecule has 0 saturated heterocycles. The van der Waals surface area contributed by atoms with Gasteiger partial charge in [-0.05, 0) is 139 Å². The van der Waals surface area contributed by atoms with Crippen molar-refractivity contribution in [1.82, 2.24) is 0 Å². The molecule has 16 bridgehead atoms. The van der Waals surface area contributed by atoms with Crippen molar-refractivity contribution in [3.63, 3.8) is 0 Å². The van der Waals surface area contributed by atoms with Gasteiger partial charge in [0.05, 0.1) is 0 Å². The van der Waals surface area contributed by atoms with Gasteiger partial charge in [-0.1, -0.05) is 352 Å². The van der Waals surface area contributed by atoms with Crippen molar-refractivity contribution in [3.8, 4) is 46.0 Å². The van der Waals surface area contributed by atoms with E-state index in [4.69, 9.17) is 0 Å². The Labute approximate surface area is 844 Å². The number of fused-ring (bicyclic) bond motifs is 16. The predicted octanol–water partition coefficient (Wildman–Crippen LogP) is 15.7. The van der Waals surface area contributed by atoms with E-state index in [1.807, 2.05) is 97.1 Å². The Hall–Kier alpha value is -4.04. The van der Waals surface area contributed by atoms with Crippen LogP contribution in [0.1, 0.15) is 300 Å². The van der Waals surface area contributed by atoms with E-state index in [0.29, 0.717) is 89.0 Å². The first-order valence-electron chi connectivity index (χ1n) is 41.4. The number of rotatable bonds is 0. The van der Waals surface area contributed by atoms with Crippen molar-refractivity contribution in [1.29, 1.82) is 0 Å². The first-order chi connectivity index (χ1) is 56.0. The minimum atomic E-state index is -0.611. The van der Waals surface area contributed by atoms with Crippen LogP contribution >= 0.6 is 0 Å². The molecule has 0 amide bonds. The van der Waals surface area contributed by atoms with Crippen LogP contribution in [0.25, 0.3) is 0 Å². The molecule has 0 aromatic heterocycles. The molecular formula is C102H146Ce2O15S7. The predicted molar refractivity (Wildman–Crippen MR) is 519 cm³/mol. The summed E-state index contributed by atoms with van der Waals surface area (Å²) in [7, 11) is -4.28. The standard InChI is InChI=1S/C88H112O8.7C2H6OS.2Ce/c1-81(2,3)65-33-49-25-51-35-66(82(4,5)6)37-53(74(51)90)27-55-39-68(84(10,11)12)41-57(76(55)92)29-59-43-70(86(16,17)18)45-61(78(59)94)31-63-47-72(88(22,23)24)48-64(80(63)96)32-62-46-71(87(19,20)21)44-60(79(62)95)30-58-42-69(85(13,14)15)40-56(77(58)93)28-54-38-67(83(7,8)9)36-52(75(54)91)26-50(34-65)73(49)89;7*1-4(2)3;;/h33-48,89-96H,25-32H2,1-24H3;7*1-2H3;;/q;;;;;;;;2*+4/p-8. The van der Waals surface area contributed by atoms with Crippen molar-refractivity contribution < 1.29 is 154 Å². The van der Waals surface area contributed by atoms with Gasteiger partial charge in [-0.3, -0.25) is 29.5 Å². The number of hydrogen-bond donors (Lipinski definition) is 0. The molecule has 8 aromatic carbocycles. The quantitative estimate of drug-likeness (QED) is 0.136. The SMILES string of the molecule is CC(C)(C)c1cc2c([O-])c(c1)Cc1cc(C(C)(C)C)cc(c1[O-])Cc1cc(C(C)(C)C)cc(c1[O-])Cc1cc(C(C)(C)C)cc(c1[O-])Cc1cc(C(C)(C)C)cc(c1[O-])Cc1cc(C(C)(C)C)cc(c1[O-])Cc1cc(C(C)(C)C)cc(c1[O-])Cc1cc(C(C)(C)C)cc(c1[O-])C2.CS(C)=O.CS(C)=O.CS(C)=O.CS(C)=O.CS(C)=O.CS(C)=O.CS(C)=O.[Ce+4].[Ce+4]. The summed E-state index contributed by atoms with van der Waals surface area (Å²) in [6, 6.07) is 30.5. The molecule has 0 atom stereocenters. The van der Waals surface area contributed by atoms with Crippen LogP contribution in [0.15, 0.2) is 97.1 Å². The van der Waals surface area contributed by atoms with Gasteiger partial charge in [0.2, 0.25) is 0 Å². The molecule has 0 aliphatic heterocycles. The van der Waals surface area contributed by atoms with Crippen molar-refractivity contribution in [3.05, 3.63) is 231 Å². The fourth-order valence-electron chi connectivity index (χ4n) is 13.2. The van der Waals surface area contributed by atoms with Crippen LogP contribution in [0.2, 0.25) is 0 Å². The summed E-state index contributed by atoms with van der Waals surface area (Å²) in [4.78, 5) is 0. The van der Waals surface area contributed by atoms with Crippen LogP contribution in [-0.2, 0) is 170 Å². The Kier molecular flexibility index (Phi) is 49.3. The maximum absolute atomic E-state index is 15.4. The van der Waals surface area contributed by atoms with Crippen LogP contribution in [0, 0.1) is 83.5 Å². The molecule has 0 heterocycles. The smallest absolute Gasteiger partial charge is 0.872 e. The van der Waals surface area contributed by atoms with Crippen LogP contribution < -0.4 is 40.9 Å². The molecule has 24 heteroatoms. The van der Waals surface area contributed by atoms with E-state index in [2.05, 4.69) is 166 Å². The first-order valence-corrected chi connectivity index (χ1v) is 55.2. The van der Waals surface area contributed by atoms with Crippen LogP contribution in [-0.4, -0.2) is 117 Å². The van der Waals surface area contributed by atoms with Gasteiger partial charge in [-0.2, -0.15) is 0 Å². The van der Waals surface area contributed by atoms with Gasteiger partial charge in [-0.25, -0.2) is 0 Å². The average Bonchev–Trinajstić information content (AvgIpc) is 0.772. The molecule has 0 N–H and O–H groups in total. The summed E-state index contributed by atoms with van der Waals surface area (Å²) >= 11 is 0. The summed E-state index contributed by atoms with van der Waals surface area (Å²) in [5, 5.41) is 123. The van der Waals surface area contributed by atoms with Gasteiger partial charge in [-0.15, -0.1) is 46.0 Å². The summed E-state index contributed by atoms with van der Waals surface area (Å²) in [5.74, 6) is -2.14. The molecule has 1 aliphatic carbocycles. The first kappa shape index (κ1) is 122. The van der Waals surface area contributed by atoms with E-state index in [9.17, 15) is 29.5 Å². The van der Waals surface area contributed by atoms with E-state index >= 15 is 40.9 Å². The van der Waals surface area contributed by atoms with Crippen LogP contribution in [0.3, 0.4) is 0 Å². The van der Waals surface area contributed by atoms with Gasteiger partial charge in [0.15, 0.2) is 0 Å². The molecule has 15 nitrogen and oxygen atoms in total. The van der Waals surface area contributed by atoms with Gasteiger partial charge in [0.1, 0.15) is 0 Å². The fourth-order valence-corrected chi connectivity index (χ4v) is 13.2. The molecule has 0 saturated carbocycles. The van der Waals surface area contributed by atoms with Gasteiger partial charge >= 0.3 is 83.5 Å². The third kappa shape index (κ3) is 40.8. The van der Waals surface area contributed by atoms with Crippen molar-refractivity contribution in [2.45, 2.75) is 261 Å². The zero-order valence-corrected chi connectivity index (χ0v) is 94.9. The Morgan fingerprint density at radius 1 is 0.159 bits per heavy atom. The molecule has 0 fully saturated rings. The normalized spacial score (nSPS) is 12.8. The van der Waals surface area contributed by atoms with Gasteiger partial charge < -0.3 is 40.9 Å². The largest absolute Gasteiger partial charge is 4.00 e. The average molecular weight is 2120 g/mol. The van der Waals surface area contributed by atoms with Crippen molar-refractivity contribution >= 4 is 75.6 Å². The van der Waals surface area contributed by atoms with E-state index in [-0.39, 0.29) is 181 Å². The Morgan fingerprint density at radius 2 is 0.206 bits per heavy atom. The monoisotopic (exact) mass is 2110 g/mol. The third-order valence-electron chi connectivity index (χ3n) is 19.9. The topological polar surface area (TPSA) is 304 Å². The van der Waals surface area contributed by atoms with E-state index in [0.717, 1.165) is 44.5 Å². The molecule has 0 radical (unpaired) electrons. The second kappa shape index (κ2) is 50.9. The zero-order chi connectivity index (χ0) is 96.5. The molecule has 0 spiro atoms. The van der Waals surface area contributed by atoms with Gasteiger partial charge in [0.25, 0.3) is 0 Å². The van der Waals surface area contributed by atoms with Crippen molar-refractivity contribution in [2.24, 2.45) is 0 Å². The van der Waals surface area contributed by atoms with E-state index in [1.54, 1.807) is 87.6 Å². The maximum atomic E-state index is 15.4. The molecule has 0 unspecified atom stereocenters. The Morgan fingerprint density at radius 3 is 0.246 bits per heavy atom. The summed E-state index contributed by atoms with van der Waals surface area (Å²) in [6.45, 7) is 49.8. The molecule has 126 heavy (non-hydrogen) atoms. The molecule has 1 aliphatic rings. The van der Waals surface area contributed by atoms with E-state index < -0.39 is 119 Å². The summed E-state index contributed by atoms with van der Waals surface area (Å²) in [5.41, 5.74) is 10.1. The zero-order valence-electron chi connectivity index (χ0n) is 82.9. The van der Waals surface area contributed by atoms with Crippen LogP contribution in [0.5, 0.6) is 46.0 Å². The second-order valence-electron chi connectivity index (χ2n) is 41.6. The summed E-state index contributed by atoms with van der Waals surface area (Å²) < 4.78 is 66.9. The summed E-state index contributed by atoms with van der Waals surface area (Å²) in [6.07, 6.45) is 23.0. The molecular weight excluding hydrogens is 1970 g/mol. The third-order valence-corrected chi connectivity index (χ3v) is 19.9. The number of hydrogen-bond acceptors (Lipinski definition) is 15. The van der Waals surface area contributed by atoms with Gasteiger partial charge in [0, 0.05) is 163 Å². The van der Waals surface area contributed by atoms with Crippen LogP contribution in [0.4, 0.5) is 0 Å². The second-order valence-corrected chi connectivity index (χ2v) is 52.0. The molecule has 9 rings (SSSR count). The molecule has 694 valence electrons.